The van der Waals surface area contributed by atoms with Gasteiger partial charge in [0.2, 0.25) is 0 Å². The van der Waals surface area contributed by atoms with Gasteiger partial charge < -0.3 is 9.47 Å². The lowest BCUT2D eigenvalue weighted by Crippen LogP contribution is -2.18. The van der Waals surface area contributed by atoms with Crippen LogP contribution in [0.25, 0.3) is 0 Å². The summed E-state index contributed by atoms with van der Waals surface area (Å²) in [6.45, 7) is 0. The smallest absolute Gasteiger partial charge is 0.430 e. The first-order valence-corrected chi connectivity index (χ1v) is 1.67. The molecule has 0 saturated heterocycles. The minimum atomic E-state index is -4.99. The van der Waals surface area contributed by atoms with Crippen LogP contribution >= 0.6 is 0 Å². The minimum Gasteiger partial charge on any atom is -0.430 e. The van der Waals surface area contributed by atoms with Gasteiger partial charge in [0.05, 0.1) is 0 Å². The zero-order valence-electron chi connectivity index (χ0n) is 4.07. The SMILES string of the molecule is [CH2]OC(=O)OC(F)(F)F. The molecule has 3 nitrogen and oxygen atoms in total. The van der Waals surface area contributed by atoms with Crippen molar-refractivity contribution in [1.29, 1.82) is 0 Å². The minimum absolute atomic E-state index is 1.87. The van der Waals surface area contributed by atoms with Crippen molar-refractivity contribution in [2.45, 2.75) is 6.36 Å². The topological polar surface area (TPSA) is 35.5 Å². The van der Waals surface area contributed by atoms with Gasteiger partial charge in [-0.2, -0.15) is 0 Å². The Morgan fingerprint density at radius 3 is 2.00 bits per heavy atom. The molecule has 0 bridgehead atoms. The van der Waals surface area contributed by atoms with Gasteiger partial charge in [-0.25, -0.2) is 4.79 Å². The summed E-state index contributed by atoms with van der Waals surface area (Å²) in [6, 6.07) is 0. The summed E-state index contributed by atoms with van der Waals surface area (Å²) in [7, 11) is 2.40. The summed E-state index contributed by atoms with van der Waals surface area (Å²) >= 11 is 0. The van der Waals surface area contributed by atoms with Gasteiger partial charge in [-0.15, -0.1) is 13.2 Å². The van der Waals surface area contributed by atoms with E-state index in [1.807, 2.05) is 0 Å². The molecule has 0 aliphatic carbocycles. The molecular formula is C3H2F3O3. The van der Waals surface area contributed by atoms with Crippen LogP contribution in [-0.2, 0) is 9.47 Å². The number of carbonyl (C=O) groups excluding carboxylic acids is 1. The molecule has 0 aromatic rings. The molecule has 0 heterocycles. The molecule has 0 unspecified atom stereocenters. The van der Waals surface area contributed by atoms with Crippen LogP contribution in [0, 0.1) is 7.11 Å². The van der Waals surface area contributed by atoms with Crippen molar-refractivity contribution in [3.63, 3.8) is 0 Å². The summed E-state index contributed by atoms with van der Waals surface area (Å²) in [5.41, 5.74) is 0. The number of hydrogen-bond acceptors (Lipinski definition) is 3. The van der Waals surface area contributed by atoms with Crippen LogP contribution in [0.1, 0.15) is 0 Å². The van der Waals surface area contributed by atoms with E-state index in [0.29, 0.717) is 0 Å². The zero-order valence-corrected chi connectivity index (χ0v) is 4.07. The molecule has 0 rings (SSSR count). The fourth-order valence-electron chi connectivity index (χ4n) is 0.124. The average Bonchev–Trinajstić information content (AvgIpc) is 1.62. The van der Waals surface area contributed by atoms with E-state index >= 15 is 0 Å². The van der Waals surface area contributed by atoms with Crippen molar-refractivity contribution in [2.24, 2.45) is 0 Å². The van der Waals surface area contributed by atoms with Crippen molar-refractivity contribution in [1.82, 2.24) is 0 Å². The molecule has 0 aromatic heterocycles. The summed E-state index contributed by atoms with van der Waals surface area (Å²) in [4.78, 5) is 9.60. The third kappa shape index (κ3) is 4.92. The molecule has 9 heavy (non-hydrogen) atoms. The molecule has 0 aliphatic rings. The molecule has 0 aromatic carbocycles. The van der Waals surface area contributed by atoms with Crippen LogP contribution in [0.5, 0.6) is 0 Å². The van der Waals surface area contributed by atoms with Crippen molar-refractivity contribution in [3.05, 3.63) is 7.11 Å². The standard InChI is InChI=1S/C3H2F3O3/c1-8-2(7)9-3(4,5)6/h1H2. The molecule has 0 fully saturated rings. The van der Waals surface area contributed by atoms with E-state index in [9.17, 15) is 18.0 Å². The zero-order chi connectivity index (χ0) is 7.49. The highest BCUT2D eigenvalue weighted by atomic mass is 19.4. The Morgan fingerprint density at radius 1 is 1.44 bits per heavy atom. The van der Waals surface area contributed by atoms with E-state index < -0.39 is 12.5 Å². The predicted octanol–water partition coefficient (Wildman–Crippen LogP) is 1.45. The van der Waals surface area contributed by atoms with E-state index in [4.69, 9.17) is 0 Å². The number of ether oxygens (including phenoxy) is 2. The summed E-state index contributed by atoms with van der Waals surface area (Å²) in [5, 5.41) is 0. The third-order valence-corrected chi connectivity index (χ3v) is 0.317. The van der Waals surface area contributed by atoms with Gasteiger partial charge in [-0.1, -0.05) is 0 Å². The number of halogens is 3. The van der Waals surface area contributed by atoms with Crippen molar-refractivity contribution >= 4 is 6.16 Å². The van der Waals surface area contributed by atoms with Gasteiger partial charge in [0.25, 0.3) is 0 Å². The molecule has 1 radical (unpaired) electrons. The third-order valence-electron chi connectivity index (χ3n) is 0.317. The van der Waals surface area contributed by atoms with E-state index in [2.05, 4.69) is 16.6 Å². The summed E-state index contributed by atoms with van der Waals surface area (Å²) in [6.07, 6.45) is -6.86. The van der Waals surface area contributed by atoms with Crippen LogP contribution in [0.4, 0.5) is 18.0 Å². The monoisotopic (exact) mass is 143 g/mol. The largest absolute Gasteiger partial charge is 0.577 e. The number of hydrogen-bond donors (Lipinski definition) is 0. The number of alkyl halides is 3. The molecule has 53 valence electrons. The highest BCUT2D eigenvalue weighted by Gasteiger charge is 2.34. The van der Waals surface area contributed by atoms with Crippen LogP contribution in [-0.4, -0.2) is 12.5 Å². The van der Waals surface area contributed by atoms with E-state index in [-0.39, 0.29) is 0 Å². The Hall–Kier alpha value is -0.940. The molecule has 0 N–H and O–H groups in total. The van der Waals surface area contributed by atoms with Gasteiger partial charge in [0.15, 0.2) is 0 Å². The normalized spacial score (nSPS) is 10.7. The van der Waals surface area contributed by atoms with Crippen LogP contribution in [0.15, 0.2) is 0 Å². The Kier molecular flexibility index (Phi) is 2.29. The number of rotatable bonds is 0. The maximum atomic E-state index is 10.9. The first kappa shape index (κ1) is 8.06. The van der Waals surface area contributed by atoms with Crippen molar-refractivity contribution in [2.75, 3.05) is 0 Å². The second kappa shape index (κ2) is 2.56. The maximum Gasteiger partial charge on any atom is 0.577 e. The Labute approximate surface area is 48.4 Å². The van der Waals surface area contributed by atoms with E-state index in [1.54, 1.807) is 0 Å². The van der Waals surface area contributed by atoms with Crippen LogP contribution in [0.3, 0.4) is 0 Å². The van der Waals surface area contributed by atoms with E-state index in [0.717, 1.165) is 0 Å². The quantitative estimate of drug-likeness (QED) is 0.481. The van der Waals surface area contributed by atoms with Crippen molar-refractivity contribution < 1.29 is 27.4 Å². The molecule has 6 heteroatoms. The van der Waals surface area contributed by atoms with Gasteiger partial charge in [0, 0.05) is 0 Å². The molecule has 0 spiro atoms. The van der Waals surface area contributed by atoms with Gasteiger partial charge in [-0.05, 0) is 0 Å². The second-order valence-electron chi connectivity index (χ2n) is 0.942. The second-order valence-corrected chi connectivity index (χ2v) is 0.942. The summed E-state index contributed by atoms with van der Waals surface area (Å²) in [5.74, 6) is 0. The highest BCUT2D eigenvalue weighted by Crippen LogP contribution is 2.16. The fourth-order valence-corrected chi connectivity index (χ4v) is 0.124. The molecule has 0 atom stereocenters. The van der Waals surface area contributed by atoms with E-state index in [1.165, 1.54) is 0 Å². The lowest BCUT2D eigenvalue weighted by molar-refractivity contribution is -0.297. The van der Waals surface area contributed by atoms with Crippen LogP contribution in [0.2, 0.25) is 0 Å². The molecule has 0 amide bonds. The Bertz CT molecular complexity index is 107. The Morgan fingerprint density at radius 2 is 1.89 bits per heavy atom. The number of carbonyl (C=O) groups is 1. The highest BCUT2D eigenvalue weighted by molar-refractivity contribution is 5.60. The Balaban J connectivity index is 3.60. The molecular weight excluding hydrogens is 141 g/mol. The maximum absolute atomic E-state index is 10.9. The molecule has 0 saturated carbocycles. The predicted molar refractivity (Wildman–Crippen MR) is 19.0 cm³/mol. The van der Waals surface area contributed by atoms with Crippen LogP contribution < -0.4 is 0 Å². The van der Waals surface area contributed by atoms with Gasteiger partial charge >= 0.3 is 12.5 Å². The first-order chi connectivity index (χ1) is 3.95. The lowest BCUT2D eigenvalue weighted by atomic mass is 11.2. The van der Waals surface area contributed by atoms with Crippen molar-refractivity contribution in [3.8, 4) is 0 Å². The van der Waals surface area contributed by atoms with Gasteiger partial charge in [0.1, 0.15) is 7.11 Å². The van der Waals surface area contributed by atoms with Gasteiger partial charge in [-0.3, -0.25) is 0 Å². The lowest BCUT2D eigenvalue weighted by Gasteiger charge is -2.03. The average molecular weight is 143 g/mol. The molecule has 0 aliphatic heterocycles. The fraction of sp³-hybridized carbons (Fsp3) is 0.333. The summed E-state index contributed by atoms with van der Waals surface area (Å²) < 4.78 is 38.8. The first-order valence-electron chi connectivity index (χ1n) is 1.67.